The number of aliphatic hydroxyl groups is 1. The molecule has 0 spiro atoms. The second-order valence-electron chi connectivity index (χ2n) is 5.93. The Kier molecular flexibility index (Phi) is 10.3. The molecule has 0 radical (unpaired) electrons. The maximum atomic E-state index is 12.2. The highest BCUT2D eigenvalue weighted by Crippen LogP contribution is 2.18. The first kappa shape index (κ1) is 23.9. The Hall–Kier alpha value is -1.17. The zero-order valence-corrected chi connectivity index (χ0v) is 19.3. The maximum absolute atomic E-state index is 12.2. The van der Waals surface area contributed by atoms with Gasteiger partial charge < -0.3 is 15.7 Å². The summed E-state index contributed by atoms with van der Waals surface area (Å²) in [5, 5.41) is 17.9. The number of rotatable bonds is 8. The summed E-state index contributed by atoms with van der Waals surface area (Å²) in [5.41, 5.74) is 2.27. The molecule has 0 bridgehead atoms. The van der Waals surface area contributed by atoms with Crippen LogP contribution in [0.25, 0.3) is 0 Å². The van der Waals surface area contributed by atoms with Crippen LogP contribution in [0.2, 0.25) is 0 Å². The van der Waals surface area contributed by atoms with Crippen LogP contribution in [-0.4, -0.2) is 44.4 Å². The van der Waals surface area contributed by atoms with Crippen molar-refractivity contribution in [1.29, 1.82) is 0 Å². The van der Waals surface area contributed by atoms with Crippen molar-refractivity contribution >= 4 is 51.1 Å². The van der Waals surface area contributed by atoms with Gasteiger partial charge in [-0.25, -0.2) is 13.4 Å². The van der Waals surface area contributed by atoms with Crippen LogP contribution in [0.3, 0.4) is 0 Å². The molecular formula is C18H26IN3O3S2. The molecule has 0 saturated carbocycles. The fourth-order valence-electron chi connectivity index (χ4n) is 2.25. The Morgan fingerprint density at radius 3 is 2.52 bits per heavy atom. The third-order valence-electron chi connectivity index (χ3n) is 3.60. The van der Waals surface area contributed by atoms with Crippen molar-refractivity contribution in [3.05, 3.63) is 52.9 Å². The average molecular weight is 523 g/mol. The molecule has 0 fully saturated rings. The van der Waals surface area contributed by atoms with E-state index in [4.69, 9.17) is 0 Å². The molecule has 1 unspecified atom stereocenters. The van der Waals surface area contributed by atoms with Gasteiger partial charge in [0.25, 0.3) is 0 Å². The Bertz CT molecular complexity index is 807. The van der Waals surface area contributed by atoms with E-state index in [0.717, 1.165) is 16.9 Å². The lowest BCUT2D eigenvalue weighted by atomic mass is 10.1. The summed E-state index contributed by atoms with van der Waals surface area (Å²) in [5.74, 6) is 0.221. The smallest absolute Gasteiger partial charge is 0.191 e. The predicted molar refractivity (Wildman–Crippen MR) is 122 cm³/mol. The first-order valence-electron chi connectivity index (χ1n) is 8.42. The van der Waals surface area contributed by atoms with E-state index in [0.29, 0.717) is 19.0 Å². The Labute approximate surface area is 182 Å². The van der Waals surface area contributed by atoms with Gasteiger partial charge in [-0.3, -0.25) is 0 Å². The lowest BCUT2D eigenvalue weighted by Gasteiger charge is -2.15. The van der Waals surface area contributed by atoms with E-state index in [2.05, 4.69) is 15.6 Å². The van der Waals surface area contributed by atoms with Crippen molar-refractivity contribution in [3.8, 4) is 0 Å². The molecule has 150 valence electrons. The van der Waals surface area contributed by atoms with Crippen molar-refractivity contribution in [2.45, 2.75) is 30.7 Å². The number of guanidine groups is 1. The largest absolute Gasteiger partial charge is 0.390 e. The van der Waals surface area contributed by atoms with Gasteiger partial charge in [-0.05, 0) is 30.9 Å². The van der Waals surface area contributed by atoms with Crippen molar-refractivity contribution in [3.63, 3.8) is 0 Å². The minimum atomic E-state index is -3.47. The molecule has 6 nitrogen and oxygen atoms in total. The summed E-state index contributed by atoms with van der Waals surface area (Å²) in [6.45, 7) is 5.25. The Morgan fingerprint density at radius 1 is 1.22 bits per heavy atom. The summed E-state index contributed by atoms with van der Waals surface area (Å²) in [6.07, 6.45) is -1.02. The van der Waals surface area contributed by atoms with Gasteiger partial charge in [0.15, 0.2) is 15.8 Å². The molecule has 0 amide bonds. The van der Waals surface area contributed by atoms with Crippen LogP contribution in [0.4, 0.5) is 0 Å². The van der Waals surface area contributed by atoms with Crippen molar-refractivity contribution in [1.82, 2.24) is 10.6 Å². The predicted octanol–water partition coefficient (Wildman–Crippen LogP) is 2.56. The van der Waals surface area contributed by atoms with E-state index >= 15 is 0 Å². The molecule has 1 aromatic heterocycles. The van der Waals surface area contributed by atoms with Crippen molar-refractivity contribution in [2.75, 3.05) is 18.8 Å². The fourth-order valence-corrected chi connectivity index (χ4v) is 4.74. The van der Waals surface area contributed by atoms with Gasteiger partial charge in [-0.15, -0.1) is 35.3 Å². The molecule has 0 aliphatic rings. The van der Waals surface area contributed by atoms with E-state index in [1.165, 1.54) is 5.56 Å². The zero-order chi connectivity index (χ0) is 19.0. The maximum Gasteiger partial charge on any atom is 0.191 e. The highest BCUT2D eigenvalue weighted by molar-refractivity contribution is 14.0. The monoisotopic (exact) mass is 523 g/mol. The first-order valence-corrected chi connectivity index (χ1v) is 11.0. The number of sulfone groups is 1. The molecular weight excluding hydrogens is 497 g/mol. The number of nitrogens with zero attached hydrogens (tertiary/aromatic N) is 1. The third kappa shape index (κ3) is 8.16. The van der Waals surface area contributed by atoms with E-state index in [-0.39, 0.29) is 40.5 Å². The van der Waals surface area contributed by atoms with Gasteiger partial charge in [-0.2, -0.15) is 0 Å². The van der Waals surface area contributed by atoms with Crippen LogP contribution in [-0.2, 0) is 16.4 Å². The van der Waals surface area contributed by atoms with E-state index in [1.54, 1.807) is 17.5 Å². The first-order chi connectivity index (χ1) is 12.4. The van der Waals surface area contributed by atoms with E-state index in [9.17, 15) is 13.5 Å². The molecule has 27 heavy (non-hydrogen) atoms. The summed E-state index contributed by atoms with van der Waals surface area (Å²) in [7, 11) is -3.47. The number of hydrogen-bond donors (Lipinski definition) is 3. The number of aliphatic hydroxyl groups excluding tert-OH is 1. The number of benzene rings is 1. The molecule has 3 N–H and O–H groups in total. The van der Waals surface area contributed by atoms with Crippen LogP contribution < -0.4 is 10.6 Å². The molecule has 9 heteroatoms. The second kappa shape index (κ2) is 11.6. The summed E-state index contributed by atoms with van der Waals surface area (Å²) >= 11 is 1.16. The summed E-state index contributed by atoms with van der Waals surface area (Å²) < 4.78 is 24.7. The van der Waals surface area contributed by atoms with Crippen LogP contribution in [0, 0.1) is 6.92 Å². The SMILES string of the molecule is CCNC(=NCc1ccc(C)cc1)NCC(O)CS(=O)(=O)c1cccs1.I. The summed E-state index contributed by atoms with van der Waals surface area (Å²) in [4.78, 5) is 4.47. The molecule has 2 aromatic rings. The lowest BCUT2D eigenvalue weighted by molar-refractivity contribution is 0.200. The normalized spacial score (nSPS) is 12.9. The highest BCUT2D eigenvalue weighted by atomic mass is 127. The molecule has 1 aromatic carbocycles. The van der Waals surface area contributed by atoms with Gasteiger partial charge in [0.05, 0.1) is 18.4 Å². The van der Waals surface area contributed by atoms with Crippen LogP contribution >= 0.6 is 35.3 Å². The topological polar surface area (TPSA) is 90.8 Å². The van der Waals surface area contributed by atoms with Crippen molar-refractivity contribution < 1.29 is 13.5 Å². The minimum Gasteiger partial charge on any atom is -0.390 e. The molecule has 2 rings (SSSR count). The van der Waals surface area contributed by atoms with E-state index < -0.39 is 15.9 Å². The Balaban J connectivity index is 0.00000364. The van der Waals surface area contributed by atoms with Gasteiger partial charge in [0, 0.05) is 13.1 Å². The molecule has 0 aliphatic heterocycles. The van der Waals surface area contributed by atoms with Gasteiger partial charge in [0.2, 0.25) is 0 Å². The zero-order valence-electron chi connectivity index (χ0n) is 15.4. The average Bonchev–Trinajstić information content (AvgIpc) is 3.14. The second-order valence-corrected chi connectivity index (χ2v) is 9.14. The van der Waals surface area contributed by atoms with Gasteiger partial charge in [-0.1, -0.05) is 35.9 Å². The fraction of sp³-hybridized carbons (Fsp3) is 0.389. The molecule has 0 aliphatic carbocycles. The minimum absolute atomic E-state index is 0. The van der Waals surface area contributed by atoms with Crippen molar-refractivity contribution in [2.24, 2.45) is 4.99 Å². The number of aliphatic imine (C=N–C) groups is 1. The lowest BCUT2D eigenvalue weighted by Crippen LogP contribution is -2.42. The summed E-state index contributed by atoms with van der Waals surface area (Å²) in [6, 6.07) is 11.3. The highest BCUT2D eigenvalue weighted by Gasteiger charge is 2.20. The third-order valence-corrected chi connectivity index (χ3v) is 6.89. The van der Waals surface area contributed by atoms with Crippen LogP contribution in [0.5, 0.6) is 0 Å². The number of thiophene rings is 1. The van der Waals surface area contributed by atoms with Gasteiger partial charge >= 0.3 is 0 Å². The molecule has 0 saturated heterocycles. The standard InChI is InChI=1S/C18H25N3O3S2.HI/c1-3-19-18(20-11-15-8-6-14(2)7-9-15)21-12-16(22)13-26(23,24)17-5-4-10-25-17;/h4-10,16,22H,3,11-13H2,1-2H3,(H2,19,20,21);1H. The quantitative estimate of drug-likeness (QED) is 0.281. The number of halogens is 1. The number of hydrogen-bond acceptors (Lipinski definition) is 5. The molecule has 1 heterocycles. The van der Waals surface area contributed by atoms with Gasteiger partial charge in [0.1, 0.15) is 4.21 Å². The van der Waals surface area contributed by atoms with Crippen LogP contribution in [0.15, 0.2) is 51.0 Å². The van der Waals surface area contributed by atoms with Crippen LogP contribution in [0.1, 0.15) is 18.1 Å². The molecule has 1 atom stereocenters. The number of aryl methyl sites for hydroxylation is 1. The Morgan fingerprint density at radius 2 is 1.93 bits per heavy atom. The number of nitrogens with one attached hydrogen (secondary N) is 2. The van der Waals surface area contributed by atoms with E-state index in [1.807, 2.05) is 38.1 Å².